The summed E-state index contributed by atoms with van der Waals surface area (Å²) in [6.07, 6.45) is 1.98. The van der Waals surface area contributed by atoms with Gasteiger partial charge in [-0.15, -0.1) is 0 Å². The Hall–Kier alpha value is -2.55. The van der Waals surface area contributed by atoms with Crippen molar-refractivity contribution in [3.63, 3.8) is 0 Å². The van der Waals surface area contributed by atoms with E-state index in [-0.39, 0.29) is 5.56 Å². The monoisotopic (exact) mass is 291 g/mol. The van der Waals surface area contributed by atoms with Crippen molar-refractivity contribution in [1.82, 2.24) is 4.57 Å². The standard InChI is InChI=1S/C19H17NO2/c1-22-14-9-10-15-16(12-14)18(13-6-3-2-4-7-13)17-8-5-11-20(17)19(15)21/h2-4,6-7,9-10,12H,5,8,11H2,1H3. The Morgan fingerprint density at radius 3 is 2.64 bits per heavy atom. The van der Waals surface area contributed by atoms with Crippen LogP contribution in [0.4, 0.5) is 0 Å². The normalized spacial score (nSPS) is 13.3. The average molecular weight is 291 g/mol. The highest BCUT2D eigenvalue weighted by molar-refractivity contribution is 5.98. The number of pyridine rings is 1. The van der Waals surface area contributed by atoms with E-state index in [2.05, 4.69) is 12.1 Å². The number of ether oxygens (including phenoxy) is 1. The molecule has 1 aliphatic heterocycles. The maximum atomic E-state index is 12.7. The third kappa shape index (κ3) is 1.86. The Kier molecular flexibility index (Phi) is 3.00. The molecule has 3 heteroatoms. The van der Waals surface area contributed by atoms with Crippen molar-refractivity contribution in [2.45, 2.75) is 19.4 Å². The molecule has 0 saturated carbocycles. The van der Waals surface area contributed by atoms with E-state index in [1.165, 1.54) is 5.56 Å². The molecule has 3 nitrogen and oxygen atoms in total. The number of hydrogen-bond acceptors (Lipinski definition) is 2. The van der Waals surface area contributed by atoms with Crippen molar-refractivity contribution in [3.05, 3.63) is 64.6 Å². The lowest BCUT2D eigenvalue weighted by Crippen LogP contribution is -2.20. The second-order valence-electron chi connectivity index (χ2n) is 5.66. The fourth-order valence-corrected chi connectivity index (χ4v) is 3.43. The molecule has 0 N–H and O–H groups in total. The number of benzene rings is 2. The van der Waals surface area contributed by atoms with E-state index < -0.39 is 0 Å². The predicted octanol–water partition coefficient (Wildman–Crippen LogP) is 3.62. The lowest BCUT2D eigenvalue weighted by Gasteiger charge is -2.15. The molecule has 0 atom stereocenters. The number of nitrogens with zero attached hydrogens (tertiary/aromatic N) is 1. The van der Waals surface area contributed by atoms with Crippen LogP contribution in [0, 0.1) is 0 Å². The molecule has 0 saturated heterocycles. The largest absolute Gasteiger partial charge is 0.497 e. The highest BCUT2D eigenvalue weighted by Gasteiger charge is 2.21. The molecule has 110 valence electrons. The highest BCUT2D eigenvalue weighted by Crippen LogP contribution is 2.35. The van der Waals surface area contributed by atoms with Gasteiger partial charge in [0.1, 0.15) is 5.75 Å². The van der Waals surface area contributed by atoms with Crippen molar-refractivity contribution >= 4 is 10.8 Å². The van der Waals surface area contributed by atoms with Gasteiger partial charge in [0.25, 0.3) is 5.56 Å². The molecule has 0 aliphatic carbocycles. The Morgan fingerprint density at radius 2 is 1.86 bits per heavy atom. The predicted molar refractivity (Wildman–Crippen MR) is 88.5 cm³/mol. The van der Waals surface area contributed by atoms with Gasteiger partial charge in [0.2, 0.25) is 0 Å². The fraction of sp³-hybridized carbons (Fsp3) is 0.211. The van der Waals surface area contributed by atoms with Crippen LogP contribution in [-0.2, 0) is 13.0 Å². The molecule has 0 amide bonds. The molecule has 22 heavy (non-hydrogen) atoms. The van der Waals surface area contributed by atoms with E-state index >= 15 is 0 Å². The average Bonchev–Trinajstić information content (AvgIpc) is 3.05. The summed E-state index contributed by atoms with van der Waals surface area (Å²) < 4.78 is 7.31. The molecule has 1 aliphatic rings. The first-order valence-electron chi connectivity index (χ1n) is 7.58. The topological polar surface area (TPSA) is 31.2 Å². The van der Waals surface area contributed by atoms with E-state index in [9.17, 15) is 4.79 Å². The van der Waals surface area contributed by atoms with Crippen LogP contribution in [0.1, 0.15) is 12.1 Å². The zero-order chi connectivity index (χ0) is 15.1. The van der Waals surface area contributed by atoms with Crippen LogP contribution >= 0.6 is 0 Å². The van der Waals surface area contributed by atoms with Gasteiger partial charge in [-0.05, 0) is 36.6 Å². The molecule has 4 rings (SSSR count). The molecule has 2 heterocycles. The molecular formula is C19H17NO2. The first-order chi connectivity index (χ1) is 10.8. The van der Waals surface area contributed by atoms with Gasteiger partial charge < -0.3 is 9.30 Å². The summed E-state index contributed by atoms with van der Waals surface area (Å²) in [7, 11) is 1.66. The number of rotatable bonds is 2. The highest BCUT2D eigenvalue weighted by atomic mass is 16.5. The Labute approximate surface area is 128 Å². The smallest absolute Gasteiger partial charge is 0.258 e. The van der Waals surface area contributed by atoms with Crippen LogP contribution in [0.25, 0.3) is 21.9 Å². The molecule has 1 aromatic heterocycles. The Bertz CT molecular complexity index is 910. The number of methoxy groups -OCH3 is 1. The molecule has 0 bridgehead atoms. The minimum Gasteiger partial charge on any atom is -0.497 e. The minimum absolute atomic E-state index is 0.116. The van der Waals surface area contributed by atoms with Crippen LogP contribution in [0.3, 0.4) is 0 Å². The van der Waals surface area contributed by atoms with Gasteiger partial charge in [-0.3, -0.25) is 4.79 Å². The van der Waals surface area contributed by atoms with Gasteiger partial charge in [-0.1, -0.05) is 30.3 Å². The molecule has 3 aromatic rings. The quantitative estimate of drug-likeness (QED) is 0.722. The van der Waals surface area contributed by atoms with Gasteiger partial charge in [0.15, 0.2) is 0 Å². The molecule has 0 unspecified atom stereocenters. The third-order valence-corrected chi connectivity index (χ3v) is 4.44. The van der Waals surface area contributed by atoms with Gasteiger partial charge >= 0.3 is 0 Å². The van der Waals surface area contributed by atoms with Gasteiger partial charge in [-0.25, -0.2) is 0 Å². The summed E-state index contributed by atoms with van der Waals surface area (Å²) in [5.74, 6) is 0.784. The maximum Gasteiger partial charge on any atom is 0.258 e. The summed E-state index contributed by atoms with van der Waals surface area (Å²) in [6.45, 7) is 0.815. The Morgan fingerprint density at radius 1 is 1.05 bits per heavy atom. The van der Waals surface area contributed by atoms with Crippen molar-refractivity contribution in [3.8, 4) is 16.9 Å². The second-order valence-corrected chi connectivity index (χ2v) is 5.66. The maximum absolute atomic E-state index is 12.7. The number of fused-ring (bicyclic) bond motifs is 2. The first kappa shape index (κ1) is 13.1. The van der Waals surface area contributed by atoms with Crippen LogP contribution in [-0.4, -0.2) is 11.7 Å². The van der Waals surface area contributed by atoms with E-state index in [0.717, 1.165) is 47.2 Å². The van der Waals surface area contributed by atoms with Crippen LogP contribution < -0.4 is 10.3 Å². The molecule has 0 radical (unpaired) electrons. The summed E-state index contributed by atoms with van der Waals surface area (Å²) in [6, 6.07) is 16.0. The van der Waals surface area contributed by atoms with E-state index in [1.54, 1.807) is 7.11 Å². The van der Waals surface area contributed by atoms with Crippen LogP contribution in [0.15, 0.2) is 53.3 Å². The van der Waals surface area contributed by atoms with Crippen molar-refractivity contribution in [1.29, 1.82) is 0 Å². The van der Waals surface area contributed by atoms with E-state index in [1.807, 2.05) is 41.0 Å². The fourth-order valence-electron chi connectivity index (χ4n) is 3.43. The zero-order valence-corrected chi connectivity index (χ0v) is 12.5. The molecule has 2 aromatic carbocycles. The van der Waals surface area contributed by atoms with Gasteiger partial charge in [-0.2, -0.15) is 0 Å². The second kappa shape index (κ2) is 5.02. The molecule has 0 fully saturated rings. The third-order valence-electron chi connectivity index (χ3n) is 4.44. The van der Waals surface area contributed by atoms with E-state index in [4.69, 9.17) is 4.74 Å². The van der Waals surface area contributed by atoms with Crippen LogP contribution in [0.2, 0.25) is 0 Å². The number of hydrogen-bond donors (Lipinski definition) is 0. The number of aromatic nitrogens is 1. The van der Waals surface area contributed by atoms with Crippen molar-refractivity contribution < 1.29 is 4.74 Å². The van der Waals surface area contributed by atoms with Gasteiger partial charge in [0.05, 0.1) is 7.11 Å². The first-order valence-corrected chi connectivity index (χ1v) is 7.58. The van der Waals surface area contributed by atoms with Crippen molar-refractivity contribution in [2.75, 3.05) is 7.11 Å². The molecular weight excluding hydrogens is 274 g/mol. The summed E-state index contributed by atoms with van der Waals surface area (Å²) in [5.41, 5.74) is 3.60. The molecule has 0 spiro atoms. The van der Waals surface area contributed by atoms with Crippen LogP contribution in [0.5, 0.6) is 5.75 Å². The van der Waals surface area contributed by atoms with E-state index in [0.29, 0.717) is 0 Å². The zero-order valence-electron chi connectivity index (χ0n) is 12.5. The Balaban J connectivity index is 2.17. The minimum atomic E-state index is 0.116. The lowest BCUT2D eigenvalue weighted by molar-refractivity contribution is 0.415. The summed E-state index contributed by atoms with van der Waals surface area (Å²) in [4.78, 5) is 12.7. The summed E-state index contributed by atoms with van der Waals surface area (Å²) >= 11 is 0. The lowest BCUT2D eigenvalue weighted by atomic mass is 9.96. The van der Waals surface area contributed by atoms with Crippen molar-refractivity contribution in [2.24, 2.45) is 0 Å². The summed E-state index contributed by atoms with van der Waals surface area (Å²) in [5, 5.41) is 1.76. The SMILES string of the molecule is COc1ccc2c(=O)n3c(c(-c4ccccc4)c2c1)CCC3. The van der Waals surface area contributed by atoms with Gasteiger partial charge in [0, 0.05) is 28.6 Å².